The first-order valence-corrected chi connectivity index (χ1v) is 7.73. The Bertz CT molecular complexity index is 604. The van der Waals surface area contributed by atoms with Crippen molar-refractivity contribution in [1.29, 1.82) is 0 Å². The van der Waals surface area contributed by atoms with Gasteiger partial charge in [-0.05, 0) is 24.0 Å². The first-order chi connectivity index (χ1) is 10.2. The summed E-state index contributed by atoms with van der Waals surface area (Å²) in [4.78, 5) is 24.4. The quantitative estimate of drug-likeness (QED) is 0.614. The normalized spacial score (nSPS) is 44.9. The van der Waals surface area contributed by atoms with Crippen molar-refractivity contribution in [2.75, 3.05) is 6.61 Å². The third-order valence-corrected chi connectivity index (χ3v) is 5.68. The highest BCUT2D eigenvalue weighted by molar-refractivity contribution is 6.05. The standard InChI is InChI=1S/C17H22O5/c1-9-3-14-16(21,15(9)20)7-11(8-18)5-12-6-13(19)4-10(2)17(12,14)22/h3,5,10,12,14,18,21-22H,4,6-8H2,1-2H3/t10?,12-,14-,16-,17-/m0/s1. The van der Waals surface area contributed by atoms with E-state index in [1.165, 1.54) is 0 Å². The molecular formula is C17H22O5. The van der Waals surface area contributed by atoms with Gasteiger partial charge in [-0.25, -0.2) is 0 Å². The predicted molar refractivity (Wildman–Crippen MR) is 78.8 cm³/mol. The molecule has 0 heterocycles. The fourth-order valence-corrected chi connectivity index (χ4v) is 4.54. The number of hydrogen-bond donors (Lipinski definition) is 3. The van der Waals surface area contributed by atoms with Crippen LogP contribution >= 0.6 is 0 Å². The van der Waals surface area contributed by atoms with Crippen LogP contribution in [0.25, 0.3) is 0 Å². The maximum Gasteiger partial charge on any atom is 0.190 e. The smallest absolute Gasteiger partial charge is 0.190 e. The lowest BCUT2D eigenvalue weighted by molar-refractivity contribution is -0.170. The average Bonchev–Trinajstić information content (AvgIpc) is 2.62. The number of ketones is 2. The molecule has 22 heavy (non-hydrogen) atoms. The molecule has 0 saturated heterocycles. The monoisotopic (exact) mass is 306 g/mol. The summed E-state index contributed by atoms with van der Waals surface area (Å²) in [6.45, 7) is 3.12. The van der Waals surface area contributed by atoms with Crippen molar-refractivity contribution in [3.8, 4) is 0 Å². The Kier molecular flexibility index (Phi) is 3.43. The van der Waals surface area contributed by atoms with Gasteiger partial charge in [-0.1, -0.05) is 19.1 Å². The molecule has 3 aliphatic rings. The maximum atomic E-state index is 12.5. The summed E-state index contributed by atoms with van der Waals surface area (Å²) >= 11 is 0. The maximum absolute atomic E-state index is 12.5. The van der Waals surface area contributed by atoms with Gasteiger partial charge in [0.1, 0.15) is 11.4 Å². The number of carbonyl (C=O) groups excluding carboxylic acids is 2. The van der Waals surface area contributed by atoms with Crippen LogP contribution in [0, 0.1) is 17.8 Å². The van der Waals surface area contributed by atoms with Crippen LogP contribution in [0.5, 0.6) is 0 Å². The molecule has 0 aromatic carbocycles. The third kappa shape index (κ3) is 1.89. The fraction of sp³-hybridized carbons (Fsp3) is 0.647. The van der Waals surface area contributed by atoms with Crippen molar-refractivity contribution in [2.45, 2.75) is 44.3 Å². The number of aliphatic hydroxyl groups is 3. The first kappa shape index (κ1) is 15.6. The summed E-state index contributed by atoms with van der Waals surface area (Å²) in [5.41, 5.74) is -2.14. The van der Waals surface area contributed by atoms with Crippen LogP contribution in [-0.4, -0.2) is 44.7 Å². The summed E-state index contributed by atoms with van der Waals surface area (Å²) in [7, 11) is 0. The Labute approximate surface area is 129 Å². The molecule has 0 aromatic heterocycles. The van der Waals surface area contributed by atoms with E-state index in [0.717, 1.165) is 0 Å². The molecule has 1 unspecified atom stereocenters. The minimum Gasteiger partial charge on any atom is -0.392 e. The minimum absolute atomic E-state index is 0.000556. The summed E-state index contributed by atoms with van der Waals surface area (Å²) in [6, 6.07) is 0. The van der Waals surface area contributed by atoms with Gasteiger partial charge < -0.3 is 15.3 Å². The highest BCUT2D eigenvalue weighted by Crippen LogP contribution is 2.53. The van der Waals surface area contributed by atoms with E-state index in [1.54, 1.807) is 26.0 Å². The predicted octanol–water partition coefficient (Wildman–Crippen LogP) is 0.531. The number of rotatable bonds is 1. The molecule has 120 valence electrons. The fourth-order valence-electron chi connectivity index (χ4n) is 4.54. The summed E-state index contributed by atoms with van der Waals surface area (Å²) in [5, 5.41) is 32.0. The largest absolute Gasteiger partial charge is 0.392 e. The molecule has 3 N–H and O–H groups in total. The molecular weight excluding hydrogens is 284 g/mol. The van der Waals surface area contributed by atoms with Crippen molar-refractivity contribution < 1.29 is 24.9 Å². The van der Waals surface area contributed by atoms with Gasteiger partial charge >= 0.3 is 0 Å². The molecule has 3 rings (SSSR count). The van der Waals surface area contributed by atoms with E-state index in [4.69, 9.17) is 0 Å². The summed E-state index contributed by atoms with van der Waals surface area (Å²) in [6.07, 6.45) is 3.76. The topological polar surface area (TPSA) is 94.8 Å². The van der Waals surface area contributed by atoms with Crippen LogP contribution < -0.4 is 0 Å². The van der Waals surface area contributed by atoms with Crippen molar-refractivity contribution in [1.82, 2.24) is 0 Å². The second-order valence-electron chi connectivity index (χ2n) is 7.08. The van der Waals surface area contributed by atoms with Gasteiger partial charge in [-0.2, -0.15) is 0 Å². The lowest BCUT2D eigenvalue weighted by Gasteiger charge is -2.48. The van der Waals surface area contributed by atoms with Crippen LogP contribution in [0.1, 0.15) is 33.1 Å². The van der Waals surface area contributed by atoms with Gasteiger partial charge in [-0.3, -0.25) is 9.59 Å². The zero-order valence-corrected chi connectivity index (χ0v) is 12.9. The van der Waals surface area contributed by atoms with Crippen molar-refractivity contribution in [3.05, 3.63) is 23.3 Å². The molecule has 3 aliphatic carbocycles. The van der Waals surface area contributed by atoms with E-state index in [-0.39, 0.29) is 37.6 Å². The minimum atomic E-state index is -1.73. The number of aliphatic hydroxyl groups excluding tert-OH is 1. The highest BCUT2D eigenvalue weighted by Gasteiger charge is 2.63. The molecule has 1 saturated carbocycles. The van der Waals surface area contributed by atoms with Crippen molar-refractivity contribution >= 4 is 11.6 Å². The Morgan fingerprint density at radius 3 is 2.55 bits per heavy atom. The Morgan fingerprint density at radius 1 is 1.23 bits per heavy atom. The number of fused-ring (bicyclic) bond motifs is 3. The van der Waals surface area contributed by atoms with Crippen LogP contribution in [0.4, 0.5) is 0 Å². The molecule has 0 radical (unpaired) electrons. The molecule has 1 fully saturated rings. The van der Waals surface area contributed by atoms with E-state index < -0.39 is 28.8 Å². The van der Waals surface area contributed by atoms with Gasteiger partial charge in [0.25, 0.3) is 0 Å². The van der Waals surface area contributed by atoms with E-state index in [9.17, 15) is 24.9 Å². The van der Waals surface area contributed by atoms with Gasteiger partial charge in [-0.15, -0.1) is 0 Å². The molecule has 0 aliphatic heterocycles. The Hall–Kier alpha value is -1.30. The second kappa shape index (κ2) is 4.85. The van der Waals surface area contributed by atoms with Gasteiger partial charge in [0, 0.05) is 31.1 Å². The Balaban J connectivity index is 2.18. The average molecular weight is 306 g/mol. The van der Waals surface area contributed by atoms with Crippen LogP contribution in [0.15, 0.2) is 23.3 Å². The second-order valence-corrected chi connectivity index (χ2v) is 7.08. The Morgan fingerprint density at radius 2 is 1.91 bits per heavy atom. The molecule has 0 aromatic rings. The number of hydrogen-bond acceptors (Lipinski definition) is 5. The summed E-state index contributed by atoms with van der Waals surface area (Å²) in [5.74, 6) is -1.93. The van der Waals surface area contributed by atoms with Gasteiger partial charge in [0.15, 0.2) is 5.78 Å². The van der Waals surface area contributed by atoms with Crippen LogP contribution in [0.3, 0.4) is 0 Å². The number of Topliss-reactive ketones (excluding diaryl/α,β-unsaturated/α-hetero) is 2. The van der Waals surface area contributed by atoms with E-state index >= 15 is 0 Å². The molecule has 5 nitrogen and oxygen atoms in total. The van der Waals surface area contributed by atoms with Gasteiger partial charge in [0.05, 0.1) is 12.2 Å². The number of carbonyl (C=O) groups is 2. The van der Waals surface area contributed by atoms with E-state index in [0.29, 0.717) is 11.1 Å². The van der Waals surface area contributed by atoms with E-state index in [2.05, 4.69) is 0 Å². The molecule has 0 spiro atoms. The molecule has 0 bridgehead atoms. The van der Waals surface area contributed by atoms with Crippen molar-refractivity contribution in [3.63, 3.8) is 0 Å². The lowest BCUT2D eigenvalue weighted by atomic mass is 9.60. The van der Waals surface area contributed by atoms with Crippen molar-refractivity contribution in [2.24, 2.45) is 17.8 Å². The van der Waals surface area contributed by atoms with E-state index in [1.807, 2.05) is 0 Å². The van der Waals surface area contributed by atoms with Gasteiger partial charge in [0.2, 0.25) is 0 Å². The van der Waals surface area contributed by atoms with Crippen LogP contribution in [-0.2, 0) is 9.59 Å². The highest BCUT2D eigenvalue weighted by atomic mass is 16.3. The van der Waals surface area contributed by atoms with Crippen LogP contribution in [0.2, 0.25) is 0 Å². The molecule has 5 atom stereocenters. The first-order valence-electron chi connectivity index (χ1n) is 7.73. The lowest BCUT2D eigenvalue weighted by Crippen LogP contribution is -2.59. The third-order valence-electron chi connectivity index (χ3n) is 5.68. The zero-order valence-electron chi connectivity index (χ0n) is 12.9. The molecule has 0 amide bonds. The summed E-state index contributed by atoms with van der Waals surface area (Å²) < 4.78 is 0. The zero-order chi connectivity index (χ0) is 16.3. The molecule has 5 heteroatoms. The SMILES string of the molecule is CC1=C[C@@H]2[C@]3(O)C(C)CC(=O)C[C@@H]3C=C(CO)C[C@@]2(O)C1=O.